The number of hydrogen-bond donors (Lipinski definition) is 1. The van der Waals surface area contributed by atoms with Gasteiger partial charge >= 0.3 is 0 Å². The lowest BCUT2D eigenvalue weighted by molar-refractivity contribution is -0.116. The van der Waals surface area contributed by atoms with Crippen LogP contribution in [-0.4, -0.2) is 29.0 Å². The van der Waals surface area contributed by atoms with Crippen LogP contribution in [0.4, 0.5) is 5.82 Å². The van der Waals surface area contributed by atoms with Gasteiger partial charge in [-0.25, -0.2) is 9.97 Å². The lowest BCUT2D eigenvalue weighted by Crippen LogP contribution is -2.37. The Morgan fingerprint density at radius 3 is 2.67 bits per heavy atom. The second-order valence-electron chi connectivity index (χ2n) is 4.56. The monoisotopic (exact) mass is 270 g/mol. The van der Waals surface area contributed by atoms with Crippen LogP contribution in [0.5, 0.6) is 0 Å². The number of nitrogens with zero attached hydrogens (tertiary/aromatic N) is 3. The van der Waals surface area contributed by atoms with Gasteiger partial charge in [-0.2, -0.15) is 0 Å². The third-order valence-electron chi connectivity index (χ3n) is 2.46. The first-order valence-electron chi connectivity index (χ1n) is 5.98. The van der Waals surface area contributed by atoms with Crippen molar-refractivity contribution in [2.24, 2.45) is 11.7 Å². The molecule has 0 aliphatic carbocycles. The molecule has 1 amide bonds. The number of aromatic nitrogens is 2. The number of carbonyl (C=O) groups excluding carboxylic acids is 1. The van der Waals surface area contributed by atoms with Crippen LogP contribution < -0.4 is 10.6 Å². The van der Waals surface area contributed by atoms with Crippen molar-refractivity contribution in [3.63, 3.8) is 0 Å². The maximum Gasteiger partial charge on any atom is 0.236 e. The minimum absolute atomic E-state index is 0.137. The first kappa shape index (κ1) is 14.7. The molecule has 0 unspecified atom stereocenters. The van der Waals surface area contributed by atoms with Gasteiger partial charge in [0.2, 0.25) is 5.91 Å². The fourth-order valence-electron chi connectivity index (χ4n) is 1.81. The van der Waals surface area contributed by atoms with Gasteiger partial charge in [-0.1, -0.05) is 32.4 Å². The van der Waals surface area contributed by atoms with Crippen molar-refractivity contribution < 1.29 is 4.79 Å². The van der Waals surface area contributed by atoms with E-state index in [0.29, 0.717) is 29.9 Å². The van der Waals surface area contributed by atoms with Crippen molar-refractivity contribution in [1.29, 1.82) is 0 Å². The number of halogens is 1. The molecule has 1 aromatic heterocycles. The minimum atomic E-state index is -0.382. The Bertz CT molecular complexity index is 423. The Balaban J connectivity index is 3.11. The lowest BCUT2D eigenvalue weighted by Gasteiger charge is -2.26. The van der Waals surface area contributed by atoms with E-state index < -0.39 is 0 Å². The van der Waals surface area contributed by atoms with E-state index in [0.717, 1.165) is 5.56 Å². The summed E-state index contributed by atoms with van der Waals surface area (Å²) in [6.07, 6.45) is 2.12. The van der Waals surface area contributed by atoms with Gasteiger partial charge in [0.15, 0.2) is 0 Å². The Morgan fingerprint density at radius 2 is 2.17 bits per heavy atom. The number of anilines is 1. The predicted octanol–water partition coefficient (Wildman–Crippen LogP) is 1.64. The molecule has 0 spiro atoms. The molecule has 1 aromatic rings. The van der Waals surface area contributed by atoms with E-state index in [1.54, 1.807) is 0 Å². The van der Waals surface area contributed by atoms with Crippen LogP contribution in [0.15, 0.2) is 6.33 Å². The molecule has 18 heavy (non-hydrogen) atoms. The van der Waals surface area contributed by atoms with Crippen LogP contribution in [0.25, 0.3) is 0 Å². The third-order valence-corrected chi connectivity index (χ3v) is 2.78. The molecule has 0 atom stereocenters. The summed E-state index contributed by atoms with van der Waals surface area (Å²) in [5, 5.41) is 0.431. The molecular weight excluding hydrogens is 252 g/mol. The van der Waals surface area contributed by atoms with Gasteiger partial charge < -0.3 is 10.6 Å². The molecule has 6 heteroatoms. The Hall–Kier alpha value is -1.36. The number of carbonyl (C=O) groups is 1. The van der Waals surface area contributed by atoms with E-state index in [1.165, 1.54) is 6.33 Å². The van der Waals surface area contributed by atoms with E-state index in [2.05, 4.69) is 23.8 Å². The highest BCUT2D eigenvalue weighted by atomic mass is 35.5. The van der Waals surface area contributed by atoms with Gasteiger partial charge in [0.25, 0.3) is 0 Å². The van der Waals surface area contributed by atoms with Gasteiger partial charge in [-0.05, 0) is 12.3 Å². The molecule has 0 aliphatic rings. The van der Waals surface area contributed by atoms with Crippen molar-refractivity contribution in [3.05, 3.63) is 17.0 Å². The number of rotatable bonds is 6. The molecule has 0 saturated carbocycles. The van der Waals surface area contributed by atoms with E-state index in [9.17, 15) is 4.79 Å². The molecule has 1 rings (SSSR count). The summed E-state index contributed by atoms with van der Waals surface area (Å²) in [6.45, 7) is 6.96. The molecule has 0 bridgehead atoms. The van der Waals surface area contributed by atoms with Gasteiger partial charge in [0.05, 0.1) is 6.54 Å². The summed E-state index contributed by atoms with van der Waals surface area (Å²) in [5.41, 5.74) is 6.13. The van der Waals surface area contributed by atoms with Crippen LogP contribution >= 0.6 is 11.6 Å². The Labute approximate surface area is 112 Å². The van der Waals surface area contributed by atoms with E-state index in [1.807, 2.05) is 11.8 Å². The second kappa shape index (κ2) is 6.54. The number of hydrogen-bond acceptors (Lipinski definition) is 4. The SMILES string of the molecule is CCc1c(Cl)ncnc1N(CC(N)=O)CC(C)C. The summed E-state index contributed by atoms with van der Waals surface area (Å²) in [4.78, 5) is 21.2. The average molecular weight is 271 g/mol. The van der Waals surface area contributed by atoms with E-state index in [-0.39, 0.29) is 12.5 Å². The molecule has 0 radical (unpaired) electrons. The Kier molecular flexibility index (Phi) is 5.34. The zero-order chi connectivity index (χ0) is 13.7. The standard InChI is InChI=1S/C12H19ClN4O/c1-4-9-11(13)15-7-16-12(9)17(5-8(2)3)6-10(14)18/h7-8H,4-6H2,1-3H3,(H2,14,18). The topological polar surface area (TPSA) is 72.1 Å². The maximum atomic E-state index is 11.2. The largest absolute Gasteiger partial charge is 0.368 e. The molecule has 1 heterocycles. The van der Waals surface area contributed by atoms with Crippen molar-refractivity contribution in [2.75, 3.05) is 18.0 Å². The first-order valence-corrected chi connectivity index (χ1v) is 6.36. The second-order valence-corrected chi connectivity index (χ2v) is 4.92. The van der Waals surface area contributed by atoms with Gasteiger partial charge in [-0.15, -0.1) is 0 Å². The summed E-state index contributed by atoms with van der Waals surface area (Å²) in [7, 11) is 0. The summed E-state index contributed by atoms with van der Waals surface area (Å²) in [5.74, 6) is 0.709. The molecule has 0 aromatic carbocycles. The first-order chi connectivity index (χ1) is 8.45. The maximum absolute atomic E-state index is 11.2. The van der Waals surface area contributed by atoms with Crippen molar-refractivity contribution in [3.8, 4) is 0 Å². The summed E-state index contributed by atoms with van der Waals surface area (Å²) >= 11 is 6.05. The molecule has 2 N–H and O–H groups in total. The highest BCUT2D eigenvalue weighted by molar-refractivity contribution is 6.30. The van der Waals surface area contributed by atoms with Crippen molar-refractivity contribution in [1.82, 2.24) is 9.97 Å². The van der Waals surface area contributed by atoms with Gasteiger partial charge in [0, 0.05) is 12.1 Å². The highest BCUT2D eigenvalue weighted by Gasteiger charge is 2.17. The zero-order valence-corrected chi connectivity index (χ0v) is 11.7. The van der Waals surface area contributed by atoms with Crippen LogP contribution in [0.2, 0.25) is 5.15 Å². The normalized spacial score (nSPS) is 10.7. The van der Waals surface area contributed by atoms with Crippen LogP contribution in [0.3, 0.4) is 0 Å². The van der Waals surface area contributed by atoms with Crippen molar-refractivity contribution in [2.45, 2.75) is 27.2 Å². The Morgan fingerprint density at radius 1 is 1.50 bits per heavy atom. The van der Waals surface area contributed by atoms with Crippen molar-refractivity contribution >= 4 is 23.3 Å². The number of nitrogens with two attached hydrogens (primary N) is 1. The van der Waals surface area contributed by atoms with E-state index >= 15 is 0 Å². The molecule has 100 valence electrons. The van der Waals surface area contributed by atoms with Gasteiger partial charge in [0.1, 0.15) is 17.3 Å². The fraction of sp³-hybridized carbons (Fsp3) is 0.583. The fourth-order valence-corrected chi connectivity index (χ4v) is 2.08. The minimum Gasteiger partial charge on any atom is -0.368 e. The molecule has 5 nitrogen and oxygen atoms in total. The summed E-state index contributed by atoms with van der Waals surface area (Å²) in [6, 6.07) is 0. The number of amides is 1. The highest BCUT2D eigenvalue weighted by Crippen LogP contribution is 2.24. The quantitative estimate of drug-likeness (QED) is 0.798. The average Bonchev–Trinajstić information content (AvgIpc) is 2.26. The van der Waals surface area contributed by atoms with Crippen LogP contribution in [-0.2, 0) is 11.2 Å². The molecule has 0 fully saturated rings. The van der Waals surface area contributed by atoms with Gasteiger partial charge in [-0.3, -0.25) is 4.79 Å². The third kappa shape index (κ3) is 3.84. The van der Waals surface area contributed by atoms with Crippen LogP contribution in [0.1, 0.15) is 26.3 Å². The zero-order valence-electron chi connectivity index (χ0n) is 11.0. The smallest absolute Gasteiger partial charge is 0.236 e. The molecule has 0 saturated heterocycles. The van der Waals surface area contributed by atoms with E-state index in [4.69, 9.17) is 17.3 Å². The molecule has 0 aliphatic heterocycles. The predicted molar refractivity (Wildman–Crippen MR) is 72.7 cm³/mol. The lowest BCUT2D eigenvalue weighted by atomic mass is 10.1. The van der Waals surface area contributed by atoms with Crippen LogP contribution in [0, 0.1) is 5.92 Å². The number of primary amides is 1. The summed E-state index contributed by atoms with van der Waals surface area (Å²) < 4.78 is 0. The molecular formula is C12H19ClN4O.